The van der Waals surface area contributed by atoms with Crippen molar-refractivity contribution in [1.82, 2.24) is 10.2 Å². The maximum atomic E-state index is 14.1. The molecule has 0 aromatic heterocycles. The highest BCUT2D eigenvalue weighted by molar-refractivity contribution is 7.92. The zero-order valence-corrected chi connectivity index (χ0v) is 24.5. The van der Waals surface area contributed by atoms with Crippen LogP contribution in [-0.2, 0) is 26.0 Å². The van der Waals surface area contributed by atoms with E-state index in [2.05, 4.69) is 5.32 Å². The third-order valence-electron chi connectivity index (χ3n) is 6.66. The third-order valence-corrected chi connectivity index (χ3v) is 8.44. The van der Waals surface area contributed by atoms with Gasteiger partial charge in [-0.2, -0.15) is 0 Å². The Morgan fingerprint density at radius 2 is 1.57 bits per heavy atom. The molecule has 3 aromatic carbocycles. The van der Waals surface area contributed by atoms with Crippen molar-refractivity contribution < 1.29 is 22.7 Å². The van der Waals surface area contributed by atoms with E-state index >= 15 is 0 Å². The van der Waals surface area contributed by atoms with Crippen molar-refractivity contribution >= 4 is 27.5 Å². The van der Waals surface area contributed by atoms with E-state index in [1.807, 2.05) is 51.1 Å². The number of methoxy groups -OCH3 is 1. The number of amides is 2. The molecule has 0 unspecified atom stereocenters. The molecule has 0 radical (unpaired) electrons. The van der Waals surface area contributed by atoms with E-state index in [-0.39, 0.29) is 23.0 Å². The van der Waals surface area contributed by atoms with Gasteiger partial charge in [0.15, 0.2) is 0 Å². The monoisotopic (exact) mass is 565 g/mol. The lowest BCUT2D eigenvalue weighted by molar-refractivity contribution is -0.139. The molecule has 0 aliphatic rings. The fourth-order valence-corrected chi connectivity index (χ4v) is 5.87. The molecule has 40 heavy (non-hydrogen) atoms. The van der Waals surface area contributed by atoms with E-state index in [4.69, 9.17) is 4.74 Å². The summed E-state index contributed by atoms with van der Waals surface area (Å²) >= 11 is 0. The standard InChI is InChI=1S/C31H39N3O5S/c1-5-21-32-31(36)27(6-2)33(22-20-25-12-8-7-9-13-25)30(35)23-34(28-14-10-11-15-29(28)39-4)40(37,38)26-18-16-24(3)17-19-26/h7-19,27H,5-6,20-23H2,1-4H3,(H,32,36)/t27-/m1/s1. The number of carbonyl (C=O) groups is 2. The van der Waals surface area contributed by atoms with E-state index in [1.165, 1.54) is 24.1 Å². The van der Waals surface area contributed by atoms with Crippen molar-refractivity contribution in [3.63, 3.8) is 0 Å². The molecule has 0 fully saturated rings. The van der Waals surface area contributed by atoms with Crippen LogP contribution in [0, 0.1) is 6.92 Å². The highest BCUT2D eigenvalue weighted by atomic mass is 32.2. The van der Waals surface area contributed by atoms with Gasteiger partial charge in [-0.25, -0.2) is 8.42 Å². The first-order valence-corrected chi connectivity index (χ1v) is 15.0. The molecule has 0 saturated heterocycles. The Labute approximate surface area is 238 Å². The van der Waals surface area contributed by atoms with Gasteiger partial charge in [-0.05, 0) is 56.0 Å². The second-order valence-corrected chi connectivity index (χ2v) is 11.4. The maximum absolute atomic E-state index is 14.1. The normalized spacial score (nSPS) is 11.9. The first-order chi connectivity index (χ1) is 19.2. The van der Waals surface area contributed by atoms with Gasteiger partial charge >= 0.3 is 0 Å². The fourth-order valence-electron chi connectivity index (χ4n) is 4.45. The lowest BCUT2D eigenvalue weighted by atomic mass is 10.1. The van der Waals surface area contributed by atoms with Gasteiger partial charge < -0.3 is 15.0 Å². The van der Waals surface area contributed by atoms with Crippen LogP contribution in [-0.4, -0.2) is 57.9 Å². The Kier molecular flexibility index (Phi) is 11.1. The van der Waals surface area contributed by atoms with Crippen molar-refractivity contribution in [2.45, 2.75) is 51.0 Å². The van der Waals surface area contributed by atoms with E-state index in [9.17, 15) is 18.0 Å². The highest BCUT2D eigenvalue weighted by Crippen LogP contribution is 2.32. The molecule has 1 atom stereocenters. The number of nitrogens with zero attached hydrogens (tertiary/aromatic N) is 2. The number of ether oxygens (including phenoxy) is 1. The average Bonchev–Trinajstić information content (AvgIpc) is 2.97. The van der Waals surface area contributed by atoms with Crippen molar-refractivity contribution in [3.05, 3.63) is 90.0 Å². The predicted molar refractivity (Wildman–Crippen MR) is 158 cm³/mol. The number of aryl methyl sites for hydroxylation is 1. The van der Waals surface area contributed by atoms with E-state index in [1.54, 1.807) is 36.4 Å². The van der Waals surface area contributed by atoms with Gasteiger partial charge in [0.2, 0.25) is 11.8 Å². The summed E-state index contributed by atoms with van der Waals surface area (Å²) in [7, 11) is -2.71. The van der Waals surface area contributed by atoms with Crippen molar-refractivity contribution in [3.8, 4) is 5.75 Å². The molecule has 0 bridgehead atoms. The van der Waals surface area contributed by atoms with Gasteiger partial charge in [-0.15, -0.1) is 0 Å². The van der Waals surface area contributed by atoms with Gasteiger partial charge in [0.25, 0.3) is 10.0 Å². The lowest BCUT2D eigenvalue weighted by Crippen LogP contribution is -2.53. The summed E-state index contributed by atoms with van der Waals surface area (Å²) in [6.45, 7) is 5.93. The number of carbonyl (C=O) groups excluding carboxylic acids is 2. The number of rotatable bonds is 14. The second kappa shape index (κ2) is 14.5. The van der Waals surface area contributed by atoms with Crippen molar-refractivity contribution in [1.29, 1.82) is 0 Å². The summed E-state index contributed by atoms with van der Waals surface area (Å²) in [6.07, 6.45) is 1.66. The molecule has 0 spiro atoms. The average molecular weight is 566 g/mol. The molecular formula is C31H39N3O5S. The third kappa shape index (κ3) is 7.63. The first-order valence-electron chi connectivity index (χ1n) is 13.6. The number of anilines is 1. The number of hydrogen-bond acceptors (Lipinski definition) is 5. The number of sulfonamides is 1. The molecule has 9 heteroatoms. The molecule has 214 valence electrons. The molecular weight excluding hydrogens is 526 g/mol. The van der Waals surface area contributed by atoms with Crippen LogP contribution in [0.25, 0.3) is 0 Å². The molecule has 3 rings (SSSR count). The molecule has 8 nitrogen and oxygen atoms in total. The number of benzene rings is 3. The van der Waals surface area contributed by atoms with Crippen LogP contribution in [0.3, 0.4) is 0 Å². The quantitative estimate of drug-likeness (QED) is 0.309. The minimum Gasteiger partial charge on any atom is -0.495 e. The van der Waals surface area contributed by atoms with Crippen LogP contribution < -0.4 is 14.4 Å². The van der Waals surface area contributed by atoms with Gasteiger partial charge in [-0.1, -0.05) is 74.0 Å². The molecule has 0 aliphatic carbocycles. The highest BCUT2D eigenvalue weighted by Gasteiger charge is 2.34. The van der Waals surface area contributed by atoms with Crippen LogP contribution in [0.2, 0.25) is 0 Å². The Balaban J connectivity index is 2.03. The second-order valence-electron chi connectivity index (χ2n) is 9.53. The Morgan fingerprint density at radius 3 is 2.20 bits per heavy atom. The zero-order valence-electron chi connectivity index (χ0n) is 23.7. The largest absolute Gasteiger partial charge is 0.495 e. The first kappa shape index (κ1) is 30.7. The van der Waals surface area contributed by atoms with Crippen LogP contribution in [0.4, 0.5) is 5.69 Å². The van der Waals surface area contributed by atoms with E-state index < -0.39 is 28.5 Å². The van der Waals surface area contributed by atoms with Gasteiger partial charge in [0, 0.05) is 13.1 Å². The summed E-state index contributed by atoms with van der Waals surface area (Å²) in [4.78, 5) is 28.8. The molecule has 0 saturated carbocycles. The summed E-state index contributed by atoms with van der Waals surface area (Å²) in [5.41, 5.74) is 2.17. The number of nitrogens with one attached hydrogen (secondary N) is 1. The van der Waals surface area contributed by atoms with Crippen LogP contribution >= 0.6 is 0 Å². The SMILES string of the molecule is CCCNC(=O)[C@@H](CC)N(CCc1ccccc1)C(=O)CN(c1ccccc1OC)S(=O)(=O)c1ccc(C)cc1. The van der Waals surface area contributed by atoms with Gasteiger partial charge in [0.05, 0.1) is 17.7 Å². The van der Waals surface area contributed by atoms with Gasteiger partial charge in [-0.3, -0.25) is 13.9 Å². The molecule has 0 heterocycles. The summed E-state index contributed by atoms with van der Waals surface area (Å²) in [5.74, 6) is -0.415. The summed E-state index contributed by atoms with van der Waals surface area (Å²) < 4.78 is 34.5. The molecule has 0 aliphatic heterocycles. The van der Waals surface area contributed by atoms with Crippen molar-refractivity contribution in [2.24, 2.45) is 0 Å². The van der Waals surface area contributed by atoms with E-state index in [0.717, 1.165) is 21.9 Å². The lowest BCUT2D eigenvalue weighted by Gasteiger charge is -2.33. The smallest absolute Gasteiger partial charge is 0.264 e. The predicted octanol–water partition coefficient (Wildman–Crippen LogP) is 4.58. The minimum absolute atomic E-state index is 0.0559. The Hall–Kier alpha value is -3.85. The minimum atomic E-state index is -4.16. The fraction of sp³-hybridized carbons (Fsp3) is 0.355. The van der Waals surface area contributed by atoms with Crippen LogP contribution in [0.5, 0.6) is 5.75 Å². The van der Waals surface area contributed by atoms with Crippen LogP contribution in [0.15, 0.2) is 83.8 Å². The Morgan fingerprint density at radius 1 is 0.925 bits per heavy atom. The number of para-hydroxylation sites is 2. The van der Waals surface area contributed by atoms with Crippen molar-refractivity contribution in [2.75, 3.05) is 31.0 Å². The number of hydrogen-bond donors (Lipinski definition) is 1. The molecule has 3 aromatic rings. The maximum Gasteiger partial charge on any atom is 0.264 e. The zero-order chi connectivity index (χ0) is 29.1. The van der Waals surface area contributed by atoms with Crippen LogP contribution in [0.1, 0.15) is 37.8 Å². The van der Waals surface area contributed by atoms with Gasteiger partial charge in [0.1, 0.15) is 18.3 Å². The topological polar surface area (TPSA) is 96.0 Å². The molecule has 2 amide bonds. The van der Waals surface area contributed by atoms with E-state index in [0.29, 0.717) is 25.1 Å². The molecule has 1 N–H and O–H groups in total. The summed E-state index contributed by atoms with van der Waals surface area (Å²) in [6, 6.07) is 22.1. The Bertz CT molecular complexity index is 1360. The summed E-state index contributed by atoms with van der Waals surface area (Å²) in [5, 5.41) is 2.90.